The Morgan fingerprint density at radius 1 is 1.15 bits per heavy atom. The molecule has 8 heteroatoms. The number of carbonyl (C=O) groups excluding carboxylic acids is 3. The van der Waals surface area contributed by atoms with E-state index in [1.165, 1.54) is 33.3 Å². The summed E-state index contributed by atoms with van der Waals surface area (Å²) in [7, 11) is 2.73. The second-order valence-corrected chi connectivity index (χ2v) is 5.87. The van der Waals surface area contributed by atoms with Gasteiger partial charge in [-0.1, -0.05) is 17.7 Å². The predicted octanol–water partition coefficient (Wildman–Crippen LogP) is 3.35. The van der Waals surface area contributed by atoms with E-state index in [0.717, 1.165) is 0 Å². The fourth-order valence-electron chi connectivity index (χ4n) is 2.33. The number of esters is 1. The summed E-state index contributed by atoms with van der Waals surface area (Å²) in [5.41, 5.74) is 0.400. The molecular formula is C19H18ClNO6. The van der Waals surface area contributed by atoms with Gasteiger partial charge in [-0.05, 0) is 37.3 Å². The van der Waals surface area contributed by atoms with Crippen LogP contribution in [0.4, 0.5) is 5.69 Å². The third kappa shape index (κ3) is 4.77. The largest absolute Gasteiger partial charge is 0.493 e. The normalized spacial score (nSPS) is 11.3. The van der Waals surface area contributed by atoms with E-state index in [4.69, 9.17) is 25.8 Å². The van der Waals surface area contributed by atoms with Gasteiger partial charge in [0.1, 0.15) is 5.56 Å². The van der Waals surface area contributed by atoms with Crippen LogP contribution in [0.3, 0.4) is 0 Å². The monoisotopic (exact) mass is 391 g/mol. The number of halogens is 1. The number of amides is 1. The number of hydrogen-bond donors (Lipinski definition) is 1. The summed E-state index contributed by atoms with van der Waals surface area (Å²) in [6.45, 7) is 1.41. The maximum Gasteiger partial charge on any atom is 0.343 e. The minimum Gasteiger partial charge on any atom is -0.493 e. The van der Waals surface area contributed by atoms with Gasteiger partial charge < -0.3 is 19.5 Å². The van der Waals surface area contributed by atoms with E-state index in [9.17, 15) is 14.4 Å². The van der Waals surface area contributed by atoms with Crippen molar-refractivity contribution in [2.45, 2.75) is 13.0 Å². The maximum atomic E-state index is 12.6. The number of rotatable bonds is 7. The van der Waals surface area contributed by atoms with Gasteiger partial charge in [-0.15, -0.1) is 0 Å². The zero-order valence-electron chi connectivity index (χ0n) is 14.9. The SMILES string of the molecule is COc1ccc(C=O)c(C(=O)O[C@@H](C)C(=O)Nc2cccc(Cl)c2)c1OC. The summed E-state index contributed by atoms with van der Waals surface area (Å²) >= 11 is 5.87. The van der Waals surface area contributed by atoms with Crippen LogP contribution < -0.4 is 14.8 Å². The molecule has 0 bridgehead atoms. The van der Waals surface area contributed by atoms with Gasteiger partial charge in [0, 0.05) is 16.3 Å². The Morgan fingerprint density at radius 3 is 2.48 bits per heavy atom. The van der Waals surface area contributed by atoms with Crippen molar-refractivity contribution in [2.75, 3.05) is 19.5 Å². The first kappa shape index (κ1) is 20.3. The van der Waals surface area contributed by atoms with Crippen LogP contribution in [0.5, 0.6) is 11.5 Å². The van der Waals surface area contributed by atoms with Crippen molar-refractivity contribution in [3.63, 3.8) is 0 Å². The topological polar surface area (TPSA) is 90.9 Å². The number of methoxy groups -OCH3 is 2. The van der Waals surface area contributed by atoms with Crippen LogP contribution in [-0.2, 0) is 9.53 Å². The predicted molar refractivity (Wildman–Crippen MR) is 99.9 cm³/mol. The molecule has 1 amide bonds. The van der Waals surface area contributed by atoms with Crippen LogP contribution in [0.15, 0.2) is 36.4 Å². The smallest absolute Gasteiger partial charge is 0.343 e. The fourth-order valence-corrected chi connectivity index (χ4v) is 2.52. The number of ether oxygens (including phenoxy) is 3. The number of hydrogen-bond acceptors (Lipinski definition) is 6. The molecule has 7 nitrogen and oxygen atoms in total. The van der Waals surface area contributed by atoms with E-state index >= 15 is 0 Å². The molecule has 0 fully saturated rings. The van der Waals surface area contributed by atoms with Crippen molar-refractivity contribution in [3.8, 4) is 11.5 Å². The lowest BCUT2D eigenvalue weighted by Gasteiger charge is -2.17. The summed E-state index contributed by atoms with van der Waals surface area (Å²) in [5, 5.41) is 3.05. The third-order valence-electron chi connectivity index (χ3n) is 3.65. The molecule has 2 rings (SSSR count). The lowest BCUT2D eigenvalue weighted by atomic mass is 10.1. The molecule has 27 heavy (non-hydrogen) atoms. The number of aldehydes is 1. The molecule has 142 valence electrons. The number of nitrogens with one attached hydrogen (secondary N) is 1. The summed E-state index contributed by atoms with van der Waals surface area (Å²) in [6, 6.07) is 9.44. The Kier molecular flexibility index (Phi) is 6.79. The second-order valence-electron chi connectivity index (χ2n) is 5.43. The van der Waals surface area contributed by atoms with E-state index in [-0.39, 0.29) is 22.6 Å². The first-order valence-electron chi connectivity index (χ1n) is 7.88. The summed E-state index contributed by atoms with van der Waals surface area (Å²) in [4.78, 5) is 36.1. The molecule has 0 spiro atoms. The van der Waals surface area contributed by atoms with Gasteiger partial charge in [-0.25, -0.2) is 4.79 Å². The molecule has 0 aliphatic rings. The van der Waals surface area contributed by atoms with Gasteiger partial charge in [0.05, 0.1) is 14.2 Å². The van der Waals surface area contributed by atoms with Gasteiger partial charge in [-0.2, -0.15) is 0 Å². The van der Waals surface area contributed by atoms with Gasteiger partial charge in [0.25, 0.3) is 5.91 Å². The average molecular weight is 392 g/mol. The van der Waals surface area contributed by atoms with E-state index < -0.39 is 18.0 Å². The third-order valence-corrected chi connectivity index (χ3v) is 3.89. The van der Waals surface area contributed by atoms with Crippen LogP contribution >= 0.6 is 11.6 Å². The Bertz CT molecular complexity index is 867. The lowest BCUT2D eigenvalue weighted by molar-refractivity contribution is -0.123. The van der Waals surface area contributed by atoms with Crippen LogP contribution in [0.2, 0.25) is 5.02 Å². The van der Waals surface area contributed by atoms with Crippen molar-refractivity contribution in [3.05, 3.63) is 52.5 Å². The van der Waals surface area contributed by atoms with Crippen LogP contribution in [0, 0.1) is 0 Å². The summed E-state index contributed by atoms with van der Waals surface area (Å²) in [6.07, 6.45) is -0.637. The summed E-state index contributed by atoms with van der Waals surface area (Å²) in [5.74, 6) is -1.14. The maximum absolute atomic E-state index is 12.6. The van der Waals surface area contributed by atoms with Crippen LogP contribution in [0.1, 0.15) is 27.6 Å². The first-order valence-corrected chi connectivity index (χ1v) is 8.26. The van der Waals surface area contributed by atoms with Gasteiger partial charge >= 0.3 is 5.97 Å². The zero-order valence-corrected chi connectivity index (χ0v) is 15.7. The molecule has 1 N–H and O–H groups in total. The number of anilines is 1. The molecule has 0 aliphatic heterocycles. The van der Waals surface area contributed by atoms with E-state index in [1.54, 1.807) is 24.3 Å². The molecule has 2 aromatic rings. The number of benzene rings is 2. The van der Waals surface area contributed by atoms with Crippen molar-refractivity contribution < 1.29 is 28.6 Å². The second kappa shape index (κ2) is 9.05. The molecule has 0 heterocycles. The Labute approximate surface area is 161 Å². The van der Waals surface area contributed by atoms with Crippen LogP contribution in [-0.4, -0.2) is 38.5 Å². The highest BCUT2D eigenvalue weighted by molar-refractivity contribution is 6.30. The molecule has 0 unspecified atom stereocenters. The molecule has 0 radical (unpaired) electrons. The minimum atomic E-state index is -1.13. The molecule has 0 saturated heterocycles. The first-order chi connectivity index (χ1) is 12.9. The number of carbonyl (C=O) groups is 3. The summed E-state index contributed by atoms with van der Waals surface area (Å²) < 4.78 is 15.5. The molecule has 2 aromatic carbocycles. The average Bonchev–Trinajstić information content (AvgIpc) is 2.66. The molecule has 0 aromatic heterocycles. The highest BCUT2D eigenvalue weighted by atomic mass is 35.5. The Hall–Kier alpha value is -3.06. The highest BCUT2D eigenvalue weighted by Crippen LogP contribution is 2.33. The minimum absolute atomic E-state index is 0.0505. The van der Waals surface area contributed by atoms with E-state index in [0.29, 0.717) is 17.0 Å². The van der Waals surface area contributed by atoms with Gasteiger partial charge in [0.2, 0.25) is 0 Å². The van der Waals surface area contributed by atoms with Crippen molar-refractivity contribution in [1.29, 1.82) is 0 Å². The molecule has 0 aliphatic carbocycles. The van der Waals surface area contributed by atoms with E-state index in [2.05, 4.69) is 5.32 Å². The van der Waals surface area contributed by atoms with Gasteiger partial charge in [-0.3, -0.25) is 9.59 Å². The quantitative estimate of drug-likeness (QED) is 0.575. The van der Waals surface area contributed by atoms with E-state index in [1.807, 2.05) is 0 Å². The van der Waals surface area contributed by atoms with Gasteiger partial charge in [0.15, 0.2) is 23.9 Å². The standard InChI is InChI=1S/C19H18ClNO6/c1-11(18(23)21-14-6-4-5-13(20)9-14)27-19(24)16-12(10-22)7-8-15(25-2)17(16)26-3/h4-11H,1-3H3,(H,21,23)/t11-/m0/s1. The Morgan fingerprint density at radius 2 is 1.89 bits per heavy atom. The van der Waals surface area contributed by atoms with Crippen molar-refractivity contribution >= 4 is 35.5 Å². The van der Waals surface area contributed by atoms with Crippen LogP contribution in [0.25, 0.3) is 0 Å². The lowest BCUT2D eigenvalue weighted by Crippen LogP contribution is -2.30. The Balaban J connectivity index is 2.21. The molecule has 1 atom stereocenters. The zero-order chi connectivity index (χ0) is 20.0. The van der Waals surface area contributed by atoms with Crippen molar-refractivity contribution in [1.82, 2.24) is 0 Å². The van der Waals surface area contributed by atoms with Crippen molar-refractivity contribution in [2.24, 2.45) is 0 Å². The highest BCUT2D eigenvalue weighted by Gasteiger charge is 2.26. The fraction of sp³-hybridized carbons (Fsp3) is 0.211. The molecule has 0 saturated carbocycles. The molecular weight excluding hydrogens is 374 g/mol.